The zero-order chi connectivity index (χ0) is 19.1. The Morgan fingerprint density at radius 2 is 2.07 bits per heavy atom. The molecule has 6 nitrogen and oxygen atoms in total. The number of rotatable bonds is 4. The molecule has 0 fully saturated rings. The van der Waals surface area contributed by atoms with Crippen molar-refractivity contribution in [1.82, 2.24) is 24.5 Å². The molecule has 140 valence electrons. The van der Waals surface area contributed by atoms with Gasteiger partial charge >= 0.3 is 0 Å². The van der Waals surface area contributed by atoms with Crippen molar-refractivity contribution in [3.05, 3.63) is 52.3 Å². The van der Waals surface area contributed by atoms with Crippen LogP contribution in [-0.2, 0) is 17.6 Å². The van der Waals surface area contributed by atoms with E-state index in [9.17, 15) is 4.79 Å². The standard InChI is InChI=1S/C20H23N5OS/c1-12-16(13(2)25-19(21-12)22-20(23-25)27-4)11-18(26)24(3)17-10-9-14-7-5-6-8-15(14)17/h5-8,17H,9-11H2,1-4H3. The highest BCUT2D eigenvalue weighted by molar-refractivity contribution is 7.98. The van der Waals surface area contributed by atoms with Crippen LogP contribution in [0, 0.1) is 13.8 Å². The van der Waals surface area contributed by atoms with Crippen LogP contribution >= 0.6 is 11.8 Å². The number of amides is 1. The van der Waals surface area contributed by atoms with Gasteiger partial charge in [0.2, 0.25) is 11.1 Å². The molecule has 4 rings (SSSR count). The topological polar surface area (TPSA) is 63.4 Å². The largest absolute Gasteiger partial charge is 0.338 e. The third kappa shape index (κ3) is 3.10. The molecule has 0 aliphatic heterocycles. The summed E-state index contributed by atoms with van der Waals surface area (Å²) >= 11 is 1.49. The summed E-state index contributed by atoms with van der Waals surface area (Å²) in [6.07, 6.45) is 4.28. The van der Waals surface area contributed by atoms with Crippen LogP contribution in [-0.4, -0.2) is 43.7 Å². The third-order valence-corrected chi connectivity index (χ3v) is 6.04. The summed E-state index contributed by atoms with van der Waals surface area (Å²) in [4.78, 5) is 23.9. The van der Waals surface area contributed by atoms with Gasteiger partial charge in [0.1, 0.15) is 0 Å². The van der Waals surface area contributed by atoms with Crippen molar-refractivity contribution in [2.45, 2.75) is 44.3 Å². The monoisotopic (exact) mass is 381 g/mol. The van der Waals surface area contributed by atoms with Crippen LogP contribution in [0.15, 0.2) is 29.4 Å². The molecule has 1 amide bonds. The van der Waals surface area contributed by atoms with E-state index in [1.54, 1.807) is 4.52 Å². The van der Waals surface area contributed by atoms with Gasteiger partial charge < -0.3 is 4.90 Å². The van der Waals surface area contributed by atoms with Crippen LogP contribution in [0.2, 0.25) is 0 Å². The van der Waals surface area contributed by atoms with Crippen LogP contribution in [0.3, 0.4) is 0 Å². The van der Waals surface area contributed by atoms with Crippen molar-refractivity contribution in [3.8, 4) is 0 Å². The molecule has 0 radical (unpaired) electrons. The maximum Gasteiger partial charge on any atom is 0.253 e. The summed E-state index contributed by atoms with van der Waals surface area (Å²) in [7, 11) is 1.91. The molecule has 27 heavy (non-hydrogen) atoms. The Labute approximate surface area is 163 Å². The number of carbonyl (C=O) groups is 1. The minimum absolute atomic E-state index is 0.106. The second-order valence-corrected chi connectivity index (χ2v) is 7.78. The molecule has 0 N–H and O–H groups in total. The maximum atomic E-state index is 13.1. The Hall–Kier alpha value is -2.41. The first-order chi connectivity index (χ1) is 13.0. The van der Waals surface area contributed by atoms with E-state index in [2.05, 4.69) is 39.3 Å². The molecular formula is C20H23N5OS. The molecule has 1 unspecified atom stereocenters. The lowest BCUT2D eigenvalue weighted by Gasteiger charge is -2.26. The zero-order valence-corrected chi connectivity index (χ0v) is 16.9. The van der Waals surface area contributed by atoms with E-state index in [1.807, 2.05) is 32.1 Å². The van der Waals surface area contributed by atoms with Gasteiger partial charge in [0.05, 0.1) is 12.5 Å². The Morgan fingerprint density at radius 3 is 2.85 bits per heavy atom. The molecular weight excluding hydrogens is 358 g/mol. The van der Waals surface area contributed by atoms with Gasteiger partial charge in [-0.1, -0.05) is 36.0 Å². The number of nitrogens with zero attached hydrogens (tertiary/aromatic N) is 5. The first-order valence-electron chi connectivity index (χ1n) is 9.10. The Balaban J connectivity index is 1.61. The van der Waals surface area contributed by atoms with Gasteiger partial charge in [-0.15, -0.1) is 5.10 Å². The molecule has 0 spiro atoms. The van der Waals surface area contributed by atoms with Crippen molar-refractivity contribution in [1.29, 1.82) is 0 Å². The minimum atomic E-state index is 0.106. The van der Waals surface area contributed by atoms with Crippen LogP contribution in [0.25, 0.3) is 5.78 Å². The fourth-order valence-electron chi connectivity index (χ4n) is 3.92. The van der Waals surface area contributed by atoms with E-state index in [4.69, 9.17) is 0 Å². The molecule has 3 aromatic rings. The number of carbonyl (C=O) groups excluding carboxylic acids is 1. The molecule has 2 heterocycles. The highest BCUT2D eigenvalue weighted by atomic mass is 32.2. The molecule has 0 bridgehead atoms. The van der Waals surface area contributed by atoms with Crippen molar-refractivity contribution in [3.63, 3.8) is 0 Å². The number of fused-ring (bicyclic) bond motifs is 2. The zero-order valence-electron chi connectivity index (χ0n) is 16.1. The highest BCUT2D eigenvalue weighted by Crippen LogP contribution is 2.35. The summed E-state index contributed by atoms with van der Waals surface area (Å²) in [5.41, 5.74) is 5.33. The lowest BCUT2D eigenvalue weighted by Crippen LogP contribution is -2.32. The number of aryl methyl sites for hydroxylation is 3. The number of hydrogen-bond donors (Lipinski definition) is 0. The number of hydrogen-bond acceptors (Lipinski definition) is 5. The van der Waals surface area contributed by atoms with Crippen LogP contribution < -0.4 is 0 Å². The van der Waals surface area contributed by atoms with Crippen LogP contribution in [0.5, 0.6) is 0 Å². The summed E-state index contributed by atoms with van der Waals surface area (Å²) in [6, 6.07) is 8.57. The van der Waals surface area contributed by atoms with Gasteiger partial charge in [-0.05, 0) is 44.1 Å². The van der Waals surface area contributed by atoms with E-state index in [0.717, 1.165) is 29.8 Å². The number of aromatic nitrogens is 4. The number of benzene rings is 1. The summed E-state index contributed by atoms with van der Waals surface area (Å²) in [6.45, 7) is 3.92. The van der Waals surface area contributed by atoms with E-state index >= 15 is 0 Å². The van der Waals surface area contributed by atoms with E-state index in [-0.39, 0.29) is 11.9 Å². The molecule has 7 heteroatoms. The van der Waals surface area contributed by atoms with Gasteiger partial charge in [0.25, 0.3) is 5.78 Å². The number of likely N-dealkylation sites (N-methyl/N-ethyl adjacent to an activating group) is 1. The lowest BCUT2D eigenvalue weighted by atomic mass is 10.0. The maximum absolute atomic E-state index is 13.1. The summed E-state index contributed by atoms with van der Waals surface area (Å²) < 4.78 is 1.74. The van der Waals surface area contributed by atoms with Crippen molar-refractivity contribution in [2.24, 2.45) is 0 Å². The molecule has 1 aromatic carbocycles. The summed E-state index contributed by atoms with van der Waals surface area (Å²) in [5, 5.41) is 5.16. The van der Waals surface area contributed by atoms with Crippen molar-refractivity contribution in [2.75, 3.05) is 13.3 Å². The second kappa shape index (κ2) is 6.96. The summed E-state index contributed by atoms with van der Waals surface area (Å²) in [5.74, 6) is 0.692. The molecule has 1 aliphatic carbocycles. The van der Waals surface area contributed by atoms with E-state index in [0.29, 0.717) is 17.4 Å². The predicted molar refractivity (Wildman–Crippen MR) is 106 cm³/mol. The Morgan fingerprint density at radius 1 is 1.30 bits per heavy atom. The quantitative estimate of drug-likeness (QED) is 0.650. The fraction of sp³-hybridized carbons (Fsp3) is 0.400. The van der Waals surface area contributed by atoms with Gasteiger partial charge in [0.15, 0.2) is 0 Å². The van der Waals surface area contributed by atoms with Gasteiger partial charge in [-0.25, -0.2) is 9.50 Å². The second-order valence-electron chi connectivity index (χ2n) is 7.01. The molecule has 0 saturated carbocycles. The van der Waals surface area contributed by atoms with Crippen molar-refractivity contribution >= 4 is 23.4 Å². The SMILES string of the molecule is CSc1nc2nc(C)c(CC(=O)N(C)C3CCc4ccccc43)c(C)n2n1. The first kappa shape index (κ1) is 18.0. The van der Waals surface area contributed by atoms with Crippen LogP contribution in [0.4, 0.5) is 0 Å². The molecule has 1 atom stereocenters. The molecule has 2 aromatic heterocycles. The predicted octanol–water partition coefficient (Wildman–Crippen LogP) is 3.15. The van der Waals surface area contributed by atoms with Crippen molar-refractivity contribution < 1.29 is 4.79 Å². The van der Waals surface area contributed by atoms with E-state index < -0.39 is 0 Å². The Kier molecular flexibility index (Phi) is 4.63. The molecule has 0 saturated heterocycles. The fourth-order valence-corrected chi connectivity index (χ4v) is 4.26. The Bertz CT molecular complexity index is 1030. The minimum Gasteiger partial charge on any atom is -0.338 e. The van der Waals surface area contributed by atoms with Crippen LogP contribution in [0.1, 0.15) is 40.5 Å². The number of thioether (sulfide) groups is 1. The smallest absolute Gasteiger partial charge is 0.253 e. The lowest BCUT2D eigenvalue weighted by molar-refractivity contribution is -0.131. The van der Waals surface area contributed by atoms with E-state index in [1.165, 1.54) is 22.9 Å². The van der Waals surface area contributed by atoms with Gasteiger partial charge in [-0.3, -0.25) is 4.79 Å². The van der Waals surface area contributed by atoms with Gasteiger partial charge in [0, 0.05) is 24.0 Å². The average molecular weight is 382 g/mol. The highest BCUT2D eigenvalue weighted by Gasteiger charge is 2.29. The normalized spacial score (nSPS) is 15.9. The molecule has 1 aliphatic rings. The average Bonchev–Trinajstić information content (AvgIpc) is 3.28. The van der Waals surface area contributed by atoms with Gasteiger partial charge in [-0.2, -0.15) is 4.98 Å². The first-order valence-corrected chi connectivity index (χ1v) is 10.3. The third-order valence-electron chi connectivity index (χ3n) is 5.50.